The molecule has 11 heteroatoms. The Morgan fingerprint density at radius 3 is 2.51 bits per heavy atom. The van der Waals surface area contributed by atoms with Gasteiger partial charge in [-0.05, 0) is 80.2 Å². The summed E-state index contributed by atoms with van der Waals surface area (Å²) in [5.41, 5.74) is 1.73. The fraction of sp³-hybridized carbons (Fsp3) is 0.324. The zero-order chi connectivity index (χ0) is 32.2. The Bertz CT molecular complexity index is 1610. The summed E-state index contributed by atoms with van der Waals surface area (Å²) in [6.45, 7) is 6.83. The molecule has 9 nitrogen and oxygen atoms in total. The van der Waals surface area contributed by atoms with Crippen LogP contribution >= 0.6 is 15.9 Å². The molecular weight excluding hydrogens is 643 g/mol. The number of pyridine rings is 1. The number of rotatable bonds is 10. The van der Waals surface area contributed by atoms with Crippen LogP contribution in [0.5, 0.6) is 23.0 Å². The molecule has 0 aliphatic carbocycles. The van der Waals surface area contributed by atoms with Crippen LogP contribution < -0.4 is 30.2 Å². The van der Waals surface area contributed by atoms with Gasteiger partial charge in [-0.1, -0.05) is 41.9 Å². The third kappa shape index (κ3) is 9.39. The van der Waals surface area contributed by atoms with Crippen molar-refractivity contribution >= 4 is 44.3 Å². The standard InChI is InChI=1S/C32H32BrFN4O5.C2H6/c1-41-29-17-24-26(18-30(29)42-19-21-7-11-35-12-8-21)36-14-10-27(24)43-28-6-5-23(16-25(28)34)38-32(40)31(39)37-13-9-20-3-2-4-22(33)15-20;1-2/h2-6,10,14-18,21,35H,7-9,11-13,19H2,1H3,(H,37,39)(H,38,40);1-2H3. The minimum Gasteiger partial charge on any atom is -0.493 e. The molecule has 1 aliphatic heterocycles. The smallest absolute Gasteiger partial charge is 0.313 e. The molecule has 45 heavy (non-hydrogen) atoms. The molecule has 1 aliphatic rings. The summed E-state index contributed by atoms with van der Waals surface area (Å²) in [6.07, 6.45) is 4.24. The van der Waals surface area contributed by atoms with Crippen molar-refractivity contribution in [2.24, 2.45) is 5.92 Å². The lowest BCUT2D eigenvalue weighted by molar-refractivity contribution is -0.136. The van der Waals surface area contributed by atoms with Gasteiger partial charge in [0.15, 0.2) is 23.1 Å². The Morgan fingerprint density at radius 1 is 0.978 bits per heavy atom. The van der Waals surface area contributed by atoms with Crippen LogP contribution in [0.1, 0.15) is 32.3 Å². The molecule has 1 fully saturated rings. The Hall–Kier alpha value is -4.22. The van der Waals surface area contributed by atoms with E-state index < -0.39 is 17.6 Å². The van der Waals surface area contributed by atoms with Crippen LogP contribution in [0.3, 0.4) is 0 Å². The topological polar surface area (TPSA) is 111 Å². The van der Waals surface area contributed by atoms with Crippen molar-refractivity contribution in [3.8, 4) is 23.0 Å². The Kier molecular flexibility index (Phi) is 12.5. The van der Waals surface area contributed by atoms with Gasteiger partial charge in [0.1, 0.15) is 5.75 Å². The number of benzene rings is 3. The predicted molar refractivity (Wildman–Crippen MR) is 177 cm³/mol. The Labute approximate surface area is 271 Å². The first-order valence-electron chi connectivity index (χ1n) is 15.0. The van der Waals surface area contributed by atoms with Gasteiger partial charge in [-0.2, -0.15) is 0 Å². The lowest BCUT2D eigenvalue weighted by Crippen LogP contribution is -2.36. The molecule has 0 unspecified atom stereocenters. The molecule has 3 aromatic carbocycles. The number of anilines is 1. The van der Waals surface area contributed by atoms with Crippen LogP contribution in [0.2, 0.25) is 0 Å². The molecule has 0 saturated carbocycles. The van der Waals surface area contributed by atoms with Gasteiger partial charge in [-0.15, -0.1) is 0 Å². The summed E-state index contributed by atoms with van der Waals surface area (Å²) in [6, 6.07) is 16.8. The van der Waals surface area contributed by atoms with Gasteiger partial charge in [0.2, 0.25) is 0 Å². The maximum absolute atomic E-state index is 15.1. The first kappa shape index (κ1) is 33.7. The van der Waals surface area contributed by atoms with Crippen LogP contribution in [-0.2, 0) is 16.0 Å². The van der Waals surface area contributed by atoms with Crippen LogP contribution in [0.15, 0.2) is 71.3 Å². The zero-order valence-corrected chi connectivity index (χ0v) is 27.2. The summed E-state index contributed by atoms with van der Waals surface area (Å²) < 4.78 is 33.6. The number of halogens is 2. The van der Waals surface area contributed by atoms with Crippen molar-refractivity contribution in [2.45, 2.75) is 33.1 Å². The van der Waals surface area contributed by atoms with Crippen molar-refractivity contribution < 1.29 is 28.2 Å². The SMILES string of the molecule is CC.COc1cc2c(Oc3ccc(NC(=O)C(=O)NCCc4cccc(Br)c4)cc3F)ccnc2cc1OCC1CCNCC1. The number of ether oxygens (including phenoxy) is 3. The van der Waals surface area contributed by atoms with Crippen LogP contribution in [0, 0.1) is 11.7 Å². The first-order chi connectivity index (χ1) is 21.9. The second-order valence-corrected chi connectivity index (χ2v) is 11.1. The Morgan fingerprint density at radius 2 is 1.78 bits per heavy atom. The molecule has 2 heterocycles. The van der Waals surface area contributed by atoms with E-state index in [-0.39, 0.29) is 18.0 Å². The number of fused-ring (bicyclic) bond motifs is 1. The van der Waals surface area contributed by atoms with Crippen molar-refractivity contribution in [3.05, 3.63) is 82.7 Å². The summed E-state index contributed by atoms with van der Waals surface area (Å²) in [5.74, 6) is -0.541. The van der Waals surface area contributed by atoms with Gasteiger partial charge in [-0.25, -0.2) is 4.39 Å². The number of hydrogen-bond acceptors (Lipinski definition) is 7. The lowest BCUT2D eigenvalue weighted by atomic mass is 9.99. The quantitative estimate of drug-likeness (QED) is 0.161. The molecule has 0 atom stereocenters. The number of amides is 2. The van der Waals surface area contributed by atoms with Crippen LogP contribution in [-0.4, -0.2) is 50.1 Å². The summed E-state index contributed by atoms with van der Waals surface area (Å²) in [5, 5.41) is 8.96. The molecule has 238 valence electrons. The van der Waals surface area contributed by atoms with Gasteiger partial charge in [0.05, 0.1) is 19.2 Å². The van der Waals surface area contributed by atoms with Crippen LogP contribution in [0.25, 0.3) is 10.9 Å². The van der Waals surface area contributed by atoms with Gasteiger partial charge in [-0.3, -0.25) is 14.6 Å². The highest BCUT2D eigenvalue weighted by Crippen LogP contribution is 2.38. The first-order valence-corrected chi connectivity index (χ1v) is 15.8. The molecule has 4 aromatic rings. The number of nitrogens with one attached hydrogen (secondary N) is 3. The monoisotopic (exact) mass is 680 g/mol. The Balaban J connectivity index is 0.00000226. The minimum absolute atomic E-state index is 0.0610. The number of nitrogens with zero attached hydrogens (tertiary/aromatic N) is 1. The third-order valence-corrected chi connectivity index (χ3v) is 7.62. The number of aromatic nitrogens is 1. The van der Waals surface area contributed by atoms with E-state index in [1.807, 2.05) is 38.1 Å². The normalized spacial score (nSPS) is 12.9. The maximum atomic E-state index is 15.1. The van der Waals surface area contributed by atoms with E-state index in [9.17, 15) is 9.59 Å². The van der Waals surface area contributed by atoms with E-state index in [1.165, 1.54) is 12.1 Å². The average Bonchev–Trinajstić information content (AvgIpc) is 3.06. The van der Waals surface area contributed by atoms with Gasteiger partial charge in [0.25, 0.3) is 0 Å². The summed E-state index contributed by atoms with van der Waals surface area (Å²) in [7, 11) is 1.56. The minimum atomic E-state index is -0.896. The lowest BCUT2D eigenvalue weighted by Gasteiger charge is -2.23. The largest absolute Gasteiger partial charge is 0.493 e. The highest BCUT2D eigenvalue weighted by atomic mass is 79.9. The van der Waals surface area contributed by atoms with Crippen molar-refractivity contribution in [1.29, 1.82) is 0 Å². The number of piperidine rings is 1. The molecule has 1 aromatic heterocycles. The van der Waals surface area contributed by atoms with E-state index in [0.717, 1.165) is 42.0 Å². The third-order valence-electron chi connectivity index (χ3n) is 7.12. The maximum Gasteiger partial charge on any atom is 0.313 e. The number of carbonyl (C=O) groups is 2. The highest BCUT2D eigenvalue weighted by molar-refractivity contribution is 9.10. The molecule has 3 N–H and O–H groups in total. The van der Waals surface area contributed by atoms with Gasteiger partial charge in [0, 0.05) is 40.4 Å². The van der Waals surface area contributed by atoms with Gasteiger partial charge < -0.3 is 30.2 Å². The molecule has 0 bridgehead atoms. The van der Waals surface area contributed by atoms with E-state index in [4.69, 9.17) is 14.2 Å². The van der Waals surface area contributed by atoms with E-state index in [2.05, 4.69) is 36.9 Å². The van der Waals surface area contributed by atoms with E-state index in [0.29, 0.717) is 47.1 Å². The number of methoxy groups -OCH3 is 1. The van der Waals surface area contributed by atoms with Crippen molar-refractivity contribution in [1.82, 2.24) is 15.6 Å². The second kappa shape index (κ2) is 16.7. The number of carbonyl (C=O) groups excluding carboxylic acids is 2. The molecule has 0 radical (unpaired) electrons. The molecule has 2 amide bonds. The average molecular weight is 682 g/mol. The van der Waals surface area contributed by atoms with E-state index >= 15 is 4.39 Å². The number of hydrogen-bond donors (Lipinski definition) is 3. The fourth-order valence-electron chi connectivity index (χ4n) is 4.81. The van der Waals surface area contributed by atoms with Crippen molar-refractivity contribution in [3.63, 3.8) is 0 Å². The van der Waals surface area contributed by atoms with Crippen molar-refractivity contribution in [2.75, 3.05) is 38.7 Å². The van der Waals surface area contributed by atoms with Crippen LogP contribution in [0.4, 0.5) is 10.1 Å². The predicted octanol–water partition coefficient (Wildman–Crippen LogP) is 6.64. The fourth-order valence-corrected chi connectivity index (χ4v) is 5.25. The molecule has 1 saturated heterocycles. The summed E-state index contributed by atoms with van der Waals surface area (Å²) in [4.78, 5) is 29.0. The summed E-state index contributed by atoms with van der Waals surface area (Å²) >= 11 is 3.40. The van der Waals surface area contributed by atoms with Gasteiger partial charge >= 0.3 is 11.8 Å². The zero-order valence-electron chi connectivity index (χ0n) is 25.6. The second-order valence-electron chi connectivity index (χ2n) is 10.2. The van der Waals surface area contributed by atoms with E-state index in [1.54, 1.807) is 31.5 Å². The highest BCUT2D eigenvalue weighted by Gasteiger charge is 2.18. The molecule has 5 rings (SSSR count). The molecular formula is C34H38BrFN4O5. The molecule has 0 spiro atoms.